The summed E-state index contributed by atoms with van der Waals surface area (Å²) in [5, 5.41) is 13.1. The molecule has 158 valence electrons. The van der Waals surface area contributed by atoms with Crippen LogP contribution in [0.3, 0.4) is 0 Å². The van der Waals surface area contributed by atoms with Gasteiger partial charge in [0.25, 0.3) is 0 Å². The predicted octanol–water partition coefficient (Wildman–Crippen LogP) is 5.74. The van der Waals surface area contributed by atoms with E-state index < -0.39 is 5.97 Å². The minimum Gasteiger partial charge on any atom is -0.481 e. The summed E-state index contributed by atoms with van der Waals surface area (Å²) in [7, 11) is 0. The number of hydrogen-bond acceptors (Lipinski definition) is 4. The maximum absolute atomic E-state index is 10.9. The Bertz CT molecular complexity index is 785. The summed E-state index contributed by atoms with van der Waals surface area (Å²) < 4.78 is 5.86. The van der Waals surface area contributed by atoms with Crippen LogP contribution in [0.25, 0.3) is 0 Å². The van der Waals surface area contributed by atoms with Gasteiger partial charge in [0.05, 0.1) is 23.6 Å². The van der Waals surface area contributed by atoms with E-state index in [2.05, 4.69) is 30.1 Å². The standard InChI is InChI=1S/C21H25ClN2O3.C2H6/c1-14-12-24(13-15(2)27-14)20-9-3-16(4-10-21(25)26)11-19(20)23-18-7-5-17(22)6-8-18;1-2/h3,5-9,11,14-15,23H,4,10,12-13H2,1-2H3,(H,25,26);1-2H3. The zero-order chi connectivity index (χ0) is 21.4. The van der Waals surface area contributed by atoms with E-state index in [4.69, 9.17) is 21.4 Å². The second-order valence-electron chi connectivity index (χ2n) is 7.04. The molecule has 1 aliphatic rings. The zero-order valence-corrected chi connectivity index (χ0v) is 18.4. The number of nitrogens with one attached hydrogen (secondary N) is 1. The third kappa shape index (κ3) is 6.94. The van der Waals surface area contributed by atoms with Crippen LogP contribution < -0.4 is 10.2 Å². The third-order valence-electron chi connectivity index (χ3n) is 4.57. The molecule has 2 aromatic carbocycles. The molecule has 0 radical (unpaired) electrons. The first-order valence-electron chi connectivity index (χ1n) is 10.2. The highest BCUT2D eigenvalue weighted by Crippen LogP contribution is 2.33. The summed E-state index contributed by atoms with van der Waals surface area (Å²) in [6, 6.07) is 13.7. The minimum atomic E-state index is -0.790. The van der Waals surface area contributed by atoms with Crippen molar-refractivity contribution in [3.8, 4) is 0 Å². The highest BCUT2D eigenvalue weighted by molar-refractivity contribution is 6.30. The van der Waals surface area contributed by atoms with E-state index >= 15 is 0 Å². The Kier molecular flexibility index (Phi) is 8.80. The van der Waals surface area contributed by atoms with Gasteiger partial charge in [-0.3, -0.25) is 4.79 Å². The van der Waals surface area contributed by atoms with Crippen molar-refractivity contribution in [1.82, 2.24) is 0 Å². The molecule has 0 aliphatic carbocycles. The number of nitrogens with zero attached hydrogens (tertiary/aromatic N) is 1. The number of halogens is 1. The van der Waals surface area contributed by atoms with Gasteiger partial charge in [-0.25, -0.2) is 0 Å². The number of rotatable bonds is 6. The van der Waals surface area contributed by atoms with Crippen molar-refractivity contribution in [3.05, 3.63) is 53.1 Å². The SMILES string of the molecule is CC.CC1CN(c2ccc(CCC(=O)O)cc2Nc2ccc(Cl)cc2)CC(C)O1. The van der Waals surface area contributed by atoms with E-state index in [0.717, 1.165) is 35.7 Å². The lowest BCUT2D eigenvalue weighted by atomic mass is 10.1. The van der Waals surface area contributed by atoms with Crippen LogP contribution in [0, 0.1) is 0 Å². The number of carboxylic acid groups (broad SMARTS) is 1. The monoisotopic (exact) mass is 418 g/mol. The van der Waals surface area contributed by atoms with Gasteiger partial charge in [0, 0.05) is 30.2 Å². The number of benzene rings is 2. The van der Waals surface area contributed by atoms with Crippen molar-refractivity contribution in [2.45, 2.75) is 52.7 Å². The molecule has 1 fully saturated rings. The fraction of sp³-hybridized carbons (Fsp3) is 0.435. The lowest BCUT2D eigenvalue weighted by Crippen LogP contribution is -2.45. The molecule has 2 atom stereocenters. The quantitative estimate of drug-likeness (QED) is 0.626. The molecular weight excluding hydrogens is 388 g/mol. The molecule has 0 bridgehead atoms. The Labute approximate surface area is 178 Å². The van der Waals surface area contributed by atoms with Crippen molar-refractivity contribution in [3.63, 3.8) is 0 Å². The van der Waals surface area contributed by atoms with Gasteiger partial charge in [0.2, 0.25) is 0 Å². The number of aryl methyl sites for hydroxylation is 1. The zero-order valence-electron chi connectivity index (χ0n) is 17.6. The third-order valence-corrected chi connectivity index (χ3v) is 4.82. The Balaban J connectivity index is 0.00000145. The first-order chi connectivity index (χ1) is 13.9. The Hall–Kier alpha value is -2.24. The first-order valence-corrected chi connectivity index (χ1v) is 10.6. The van der Waals surface area contributed by atoms with Crippen LogP contribution in [0.4, 0.5) is 17.1 Å². The second kappa shape index (κ2) is 11.1. The molecule has 29 heavy (non-hydrogen) atoms. The van der Waals surface area contributed by atoms with Gasteiger partial charge in [-0.05, 0) is 62.2 Å². The Morgan fingerprint density at radius 2 is 1.76 bits per heavy atom. The van der Waals surface area contributed by atoms with Crippen molar-refractivity contribution < 1.29 is 14.6 Å². The molecule has 6 heteroatoms. The second-order valence-corrected chi connectivity index (χ2v) is 7.48. The lowest BCUT2D eigenvalue weighted by molar-refractivity contribution is -0.136. The lowest BCUT2D eigenvalue weighted by Gasteiger charge is -2.38. The van der Waals surface area contributed by atoms with Gasteiger partial charge in [-0.15, -0.1) is 0 Å². The minimum absolute atomic E-state index is 0.116. The molecule has 0 amide bonds. The van der Waals surface area contributed by atoms with Gasteiger partial charge in [0.1, 0.15) is 0 Å². The fourth-order valence-electron chi connectivity index (χ4n) is 3.43. The van der Waals surface area contributed by atoms with Gasteiger partial charge in [0.15, 0.2) is 0 Å². The Morgan fingerprint density at radius 3 is 2.34 bits per heavy atom. The van der Waals surface area contributed by atoms with Crippen LogP contribution >= 0.6 is 11.6 Å². The number of hydrogen-bond donors (Lipinski definition) is 2. The van der Waals surface area contributed by atoms with Gasteiger partial charge >= 0.3 is 5.97 Å². The molecule has 5 nitrogen and oxygen atoms in total. The van der Waals surface area contributed by atoms with E-state index in [9.17, 15) is 4.79 Å². The van der Waals surface area contributed by atoms with Gasteiger partial charge < -0.3 is 20.1 Å². The predicted molar refractivity (Wildman–Crippen MR) is 121 cm³/mol. The number of anilines is 3. The molecule has 2 unspecified atom stereocenters. The van der Waals surface area contributed by atoms with Gasteiger partial charge in [-0.1, -0.05) is 31.5 Å². The molecule has 1 heterocycles. The summed E-state index contributed by atoms with van der Waals surface area (Å²) in [4.78, 5) is 13.2. The van der Waals surface area contributed by atoms with Crippen LogP contribution in [-0.4, -0.2) is 36.4 Å². The van der Waals surface area contributed by atoms with Crippen molar-refractivity contribution in [2.24, 2.45) is 0 Å². The summed E-state index contributed by atoms with van der Waals surface area (Å²) in [5.74, 6) is -0.790. The Morgan fingerprint density at radius 1 is 1.14 bits per heavy atom. The van der Waals surface area contributed by atoms with Gasteiger partial charge in [-0.2, -0.15) is 0 Å². The van der Waals surface area contributed by atoms with Crippen LogP contribution in [0.5, 0.6) is 0 Å². The van der Waals surface area contributed by atoms with Crippen molar-refractivity contribution >= 4 is 34.6 Å². The average Bonchev–Trinajstić information content (AvgIpc) is 2.69. The van der Waals surface area contributed by atoms with E-state index in [-0.39, 0.29) is 18.6 Å². The summed E-state index contributed by atoms with van der Waals surface area (Å²) >= 11 is 5.99. The summed E-state index contributed by atoms with van der Waals surface area (Å²) in [6.07, 6.45) is 0.930. The van der Waals surface area contributed by atoms with E-state index in [0.29, 0.717) is 11.4 Å². The fourth-order valence-corrected chi connectivity index (χ4v) is 3.56. The smallest absolute Gasteiger partial charge is 0.303 e. The first kappa shape index (κ1) is 23.0. The molecule has 1 saturated heterocycles. The van der Waals surface area contributed by atoms with Crippen LogP contribution in [0.15, 0.2) is 42.5 Å². The number of carboxylic acids is 1. The largest absolute Gasteiger partial charge is 0.481 e. The molecule has 0 spiro atoms. The molecule has 1 aliphatic heterocycles. The maximum atomic E-state index is 10.9. The van der Waals surface area contributed by atoms with Crippen LogP contribution in [0.2, 0.25) is 5.02 Å². The summed E-state index contributed by atoms with van der Waals surface area (Å²) in [6.45, 7) is 9.79. The highest BCUT2D eigenvalue weighted by atomic mass is 35.5. The average molecular weight is 419 g/mol. The van der Waals surface area contributed by atoms with E-state index in [1.165, 1.54) is 0 Å². The summed E-state index contributed by atoms with van der Waals surface area (Å²) in [5.41, 5.74) is 3.98. The number of morpholine rings is 1. The molecule has 0 saturated carbocycles. The number of aliphatic carboxylic acids is 1. The molecule has 2 N–H and O–H groups in total. The molecule has 3 rings (SSSR count). The molecule has 0 aromatic heterocycles. The molecular formula is C23H31ClN2O3. The highest BCUT2D eigenvalue weighted by Gasteiger charge is 2.24. The van der Waals surface area contributed by atoms with Crippen LogP contribution in [-0.2, 0) is 16.0 Å². The normalized spacial score (nSPS) is 18.6. The van der Waals surface area contributed by atoms with E-state index in [1.807, 2.05) is 50.2 Å². The molecule has 2 aromatic rings. The van der Waals surface area contributed by atoms with Crippen molar-refractivity contribution in [2.75, 3.05) is 23.3 Å². The van der Waals surface area contributed by atoms with Crippen molar-refractivity contribution in [1.29, 1.82) is 0 Å². The number of ether oxygens (including phenoxy) is 1. The van der Waals surface area contributed by atoms with E-state index in [1.54, 1.807) is 0 Å². The topological polar surface area (TPSA) is 61.8 Å². The number of carbonyl (C=O) groups is 1. The van der Waals surface area contributed by atoms with Crippen LogP contribution in [0.1, 0.15) is 39.7 Å². The maximum Gasteiger partial charge on any atom is 0.303 e.